The number of nitrogens with one attached hydrogen (secondary N) is 1. The number of hydrogen-bond acceptors (Lipinski definition) is 6. The number of halogens is 1. The fraction of sp³-hybridized carbons (Fsp3) is 0.250. The fourth-order valence-corrected chi connectivity index (χ4v) is 3.82. The van der Waals surface area contributed by atoms with Gasteiger partial charge < -0.3 is 14.8 Å². The zero-order valence-electron chi connectivity index (χ0n) is 15.7. The predicted octanol–water partition coefficient (Wildman–Crippen LogP) is 4.92. The predicted molar refractivity (Wildman–Crippen MR) is 113 cm³/mol. The second kappa shape index (κ2) is 10.1. The second-order valence-electron chi connectivity index (χ2n) is 5.53. The molecule has 0 atom stereocenters. The van der Waals surface area contributed by atoms with E-state index < -0.39 is 11.9 Å². The molecule has 0 bridgehead atoms. The van der Waals surface area contributed by atoms with Crippen LogP contribution in [0.4, 0.5) is 5.00 Å². The van der Waals surface area contributed by atoms with Gasteiger partial charge in [-0.05, 0) is 50.6 Å². The van der Waals surface area contributed by atoms with E-state index in [2.05, 4.69) is 21.2 Å². The summed E-state index contributed by atoms with van der Waals surface area (Å²) in [6.45, 7) is 5.98. The number of rotatable bonds is 7. The van der Waals surface area contributed by atoms with Gasteiger partial charge in [0.2, 0.25) is 5.91 Å². The van der Waals surface area contributed by atoms with Crippen LogP contribution >= 0.6 is 27.3 Å². The van der Waals surface area contributed by atoms with Gasteiger partial charge in [-0.1, -0.05) is 15.9 Å². The standard InChI is InChI=1S/C20H19BrN2O4S/c1-4-26-16-8-7-14(21)10-13(16)6-9-17(24)23-19-15(11-22)12(3)18(28-19)20(25)27-5-2/h6-10H,4-5H2,1-3H3,(H,23,24). The van der Waals surface area contributed by atoms with E-state index in [4.69, 9.17) is 9.47 Å². The first-order chi connectivity index (χ1) is 13.4. The van der Waals surface area contributed by atoms with Crippen LogP contribution in [-0.2, 0) is 9.53 Å². The number of nitriles is 1. The number of hydrogen-bond donors (Lipinski definition) is 1. The molecule has 1 aromatic heterocycles. The molecule has 28 heavy (non-hydrogen) atoms. The molecule has 0 spiro atoms. The van der Waals surface area contributed by atoms with E-state index in [1.165, 1.54) is 6.08 Å². The van der Waals surface area contributed by atoms with Crippen LogP contribution in [0.25, 0.3) is 6.08 Å². The molecule has 0 fully saturated rings. The Labute approximate surface area is 175 Å². The summed E-state index contributed by atoms with van der Waals surface area (Å²) in [5, 5.41) is 12.4. The monoisotopic (exact) mass is 462 g/mol. The van der Waals surface area contributed by atoms with Crippen LogP contribution in [0.1, 0.15) is 40.2 Å². The van der Waals surface area contributed by atoms with E-state index >= 15 is 0 Å². The maximum atomic E-state index is 12.4. The largest absolute Gasteiger partial charge is 0.493 e. The SMILES string of the molecule is CCOC(=O)c1sc(NC(=O)C=Cc2cc(Br)ccc2OCC)c(C#N)c1C. The molecular weight excluding hydrogens is 444 g/mol. The van der Waals surface area contributed by atoms with Crippen LogP contribution in [0, 0.1) is 18.3 Å². The quantitative estimate of drug-likeness (QED) is 0.465. The van der Waals surface area contributed by atoms with E-state index in [0.29, 0.717) is 27.8 Å². The van der Waals surface area contributed by atoms with Gasteiger partial charge in [-0.25, -0.2) is 4.79 Å². The highest BCUT2D eigenvalue weighted by atomic mass is 79.9. The van der Waals surface area contributed by atoms with Crippen molar-refractivity contribution in [3.63, 3.8) is 0 Å². The van der Waals surface area contributed by atoms with Gasteiger partial charge in [0.15, 0.2) is 0 Å². The lowest BCUT2D eigenvalue weighted by molar-refractivity contribution is -0.111. The number of carbonyl (C=O) groups is 2. The van der Waals surface area contributed by atoms with E-state index in [1.807, 2.05) is 31.2 Å². The Morgan fingerprint density at radius 1 is 1.32 bits per heavy atom. The van der Waals surface area contributed by atoms with E-state index in [-0.39, 0.29) is 12.2 Å². The third-order valence-electron chi connectivity index (χ3n) is 3.64. The summed E-state index contributed by atoms with van der Waals surface area (Å²) in [6, 6.07) is 7.54. The minimum Gasteiger partial charge on any atom is -0.493 e. The summed E-state index contributed by atoms with van der Waals surface area (Å²) in [4.78, 5) is 24.7. The smallest absolute Gasteiger partial charge is 0.348 e. The van der Waals surface area contributed by atoms with Crippen molar-refractivity contribution in [1.29, 1.82) is 5.26 Å². The van der Waals surface area contributed by atoms with Crippen LogP contribution < -0.4 is 10.1 Å². The lowest BCUT2D eigenvalue weighted by atomic mass is 10.1. The molecule has 2 rings (SSSR count). The minimum absolute atomic E-state index is 0.233. The van der Waals surface area contributed by atoms with Crippen LogP contribution in [0.5, 0.6) is 5.75 Å². The van der Waals surface area contributed by atoms with Crippen molar-refractivity contribution in [2.45, 2.75) is 20.8 Å². The van der Waals surface area contributed by atoms with E-state index in [0.717, 1.165) is 21.4 Å². The van der Waals surface area contributed by atoms with Crippen LogP contribution in [-0.4, -0.2) is 25.1 Å². The highest BCUT2D eigenvalue weighted by molar-refractivity contribution is 9.10. The highest BCUT2D eigenvalue weighted by Crippen LogP contribution is 2.33. The first-order valence-corrected chi connectivity index (χ1v) is 10.1. The molecule has 8 heteroatoms. The lowest BCUT2D eigenvalue weighted by Crippen LogP contribution is -2.07. The molecule has 1 aromatic carbocycles. The van der Waals surface area contributed by atoms with Crippen molar-refractivity contribution in [3.8, 4) is 11.8 Å². The number of nitrogens with zero attached hydrogens (tertiary/aromatic N) is 1. The number of ether oxygens (including phenoxy) is 2. The molecule has 0 saturated heterocycles. The summed E-state index contributed by atoms with van der Waals surface area (Å²) in [5.41, 5.74) is 1.49. The van der Waals surface area contributed by atoms with Gasteiger partial charge in [0.25, 0.3) is 0 Å². The molecule has 0 aliphatic heterocycles. The van der Waals surface area contributed by atoms with Crippen molar-refractivity contribution in [1.82, 2.24) is 0 Å². The van der Waals surface area contributed by atoms with Crippen molar-refractivity contribution in [3.05, 3.63) is 50.3 Å². The van der Waals surface area contributed by atoms with Crippen LogP contribution in [0.15, 0.2) is 28.7 Å². The van der Waals surface area contributed by atoms with E-state index in [9.17, 15) is 14.9 Å². The number of anilines is 1. The Bertz CT molecular complexity index is 960. The Morgan fingerprint density at radius 2 is 2.07 bits per heavy atom. The Kier molecular flexibility index (Phi) is 7.79. The molecule has 146 valence electrons. The molecule has 1 heterocycles. The van der Waals surface area contributed by atoms with E-state index in [1.54, 1.807) is 19.9 Å². The molecule has 0 aliphatic carbocycles. The average Bonchev–Trinajstić information content (AvgIpc) is 2.97. The van der Waals surface area contributed by atoms with Crippen molar-refractivity contribution in [2.75, 3.05) is 18.5 Å². The van der Waals surface area contributed by atoms with Gasteiger partial charge >= 0.3 is 5.97 Å². The molecule has 2 aromatic rings. The Hall–Kier alpha value is -2.63. The summed E-state index contributed by atoms with van der Waals surface area (Å²) in [7, 11) is 0. The summed E-state index contributed by atoms with van der Waals surface area (Å²) < 4.78 is 11.4. The molecule has 6 nitrogen and oxygen atoms in total. The Balaban J connectivity index is 2.23. The number of esters is 1. The summed E-state index contributed by atoms with van der Waals surface area (Å²) >= 11 is 4.42. The van der Waals surface area contributed by atoms with Crippen LogP contribution in [0.3, 0.4) is 0 Å². The third kappa shape index (κ3) is 5.21. The molecular formula is C20H19BrN2O4S. The van der Waals surface area contributed by atoms with Crippen molar-refractivity contribution < 1.29 is 19.1 Å². The molecule has 0 unspecified atom stereocenters. The van der Waals surface area contributed by atoms with Gasteiger partial charge in [-0.2, -0.15) is 5.26 Å². The minimum atomic E-state index is -0.506. The highest BCUT2D eigenvalue weighted by Gasteiger charge is 2.21. The van der Waals surface area contributed by atoms with Gasteiger partial charge in [-0.15, -0.1) is 11.3 Å². The number of carbonyl (C=O) groups excluding carboxylic acids is 2. The van der Waals surface area contributed by atoms with Crippen LogP contribution in [0.2, 0.25) is 0 Å². The third-order valence-corrected chi connectivity index (χ3v) is 5.32. The maximum absolute atomic E-state index is 12.4. The normalized spacial score (nSPS) is 10.5. The lowest BCUT2D eigenvalue weighted by Gasteiger charge is -2.07. The molecule has 0 aliphatic rings. The first kappa shape index (κ1) is 21.7. The van der Waals surface area contributed by atoms with Crippen molar-refractivity contribution in [2.24, 2.45) is 0 Å². The zero-order valence-corrected chi connectivity index (χ0v) is 18.1. The van der Waals surface area contributed by atoms with Gasteiger partial charge in [0.1, 0.15) is 21.7 Å². The molecule has 1 amide bonds. The number of thiophene rings is 1. The number of amides is 1. The molecule has 0 saturated carbocycles. The van der Waals surface area contributed by atoms with Crippen molar-refractivity contribution >= 4 is 50.2 Å². The summed E-state index contributed by atoms with van der Waals surface area (Å²) in [5.74, 6) is -0.271. The summed E-state index contributed by atoms with van der Waals surface area (Å²) in [6.07, 6.45) is 2.98. The topological polar surface area (TPSA) is 88.4 Å². The zero-order chi connectivity index (χ0) is 20.7. The average molecular weight is 463 g/mol. The first-order valence-electron chi connectivity index (χ1n) is 8.53. The maximum Gasteiger partial charge on any atom is 0.348 e. The molecule has 1 N–H and O–H groups in total. The fourth-order valence-electron chi connectivity index (χ4n) is 2.38. The molecule has 0 radical (unpaired) electrons. The Morgan fingerprint density at radius 3 is 2.71 bits per heavy atom. The number of benzene rings is 1. The van der Waals surface area contributed by atoms with Gasteiger partial charge in [0.05, 0.1) is 18.8 Å². The van der Waals surface area contributed by atoms with Gasteiger partial charge in [0, 0.05) is 16.1 Å². The van der Waals surface area contributed by atoms with Gasteiger partial charge in [-0.3, -0.25) is 4.79 Å². The second-order valence-corrected chi connectivity index (χ2v) is 7.47.